The van der Waals surface area contributed by atoms with Crippen molar-refractivity contribution in [3.63, 3.8) is 0 Å². The van der Waals surface area contributed by atoms with E-state index in [1.54, 1.807) is 11.1 Å². The Morgan fingerprint density at radius 2 is 2.43 bits per heavy atom. The van der Waals surface area contributed by atoms with Crippen LogP contribution in [0.3, 0.4) is 0 Å². The van der Waals surface area contributed by atoms with Crippen LogP contribution in [0.4, 0.5) is 4.79 Å². The lowest BCUT2D eigenvalue weighted by Crippen LogP contribution is -2.51. The van der Waals surface area contributed by atoms with Crippen LogP contribution in [-0.4, -0.2) is 33.4 Å². The van der Waals surface area contributed by atoms with E-state index in [1.165, 1.54) is 16.5 Å². The lowest BCUT2D eigenvalue weighted by molar-refractivity contribution is 0.127. The SMILES string of the molecule is NN1CCCN(Cc2ccns2)C1=O. The van der Waals surface area contributed by atoms with Crippen LogP contribution < -0.4 is 5.84 Å². The summed E-state index contributed by atoms with van der Waals surface area (Å²) in [4.78, 5) is 14.4. The van der Waals surface area contributed by atoms with Crippen molar-refractivity contribution in [3.05, 3.63) is 17.1 Å². The summed E-state index contributed by atoms with van der Waals surface area (Å²) in [6, 6.07) is 1.83. The van der Waals surface area contributed by atoms with Gasteiger partial charge in [0.05, 0.1) is 6.54 Å². The molecule has 0 unspecified atom stereocenters. The number of hydrazine groups is 1. The molecule has 76 valence electrons. The molecule has 0 aromatic carbocycles. The van der Waals surface area contributed by atoms with Crippen molar-refractivity contribution in [2.45, 2.75) is 13.0 Å². The first kappa shape index (κ1) is 9.42. The Labute approximate surface area is 86.2 Å². The van der Waals surface area contributed by atoms with Gasteiger partial charge in [0, 0.05) is 24.2 Å². The predicted octanol–water partition coefficient (Wildman–Crippen LogP) is 0.644. The van der Waals surface area contributed by atoms with Crippen LogP contribution in [0.1, 0.15) is 11.3 Å². The van der Waals surface area contributed by atoms with Gasteiger partial charge in [0.2, 0.25) is 0 Å². The highest BCUT2D eigenvalue weighted by Crippen LogP contribution is 2.13. The second-order valence-electron chi connectivity index (χ2n) is 3.23. The quantitative estimate of drug-likeness (QED) is 0.578. The lowest BCUT2D eigenvalue weighted by Gasteiger charge is -2.32. The average Bonchev–Trinajstić information content (AvgIpc) is 2.66. The summed E-state index contributed by atoms with van der Waals surface area (Å²) in [6.07, 6.45) is 2.68. The zero-order chi connectivity index (χ0) is 9.97. The topological polar surface area (TPSA) is 62.5 Å². The third-order valence-corrected chi connectivity index (χ3v) is 2.91. The summed E-state index contributed by atoms with van der Waals surface area (Å²) in [5, 5.41) is 1.27. The summed E-state index contributed by atoms with van der Waals surface area (Å²) >= 11 is 1.42. The molecule has 1 saturated heterocycles. The number of hydrogen-bond acceptors (Lipinski definition) is 4. The number of urea groups is 1. The first-order valence-corrected chi connectivity index (χ1v) is 5.25. The fourth-order valence-corrected chi connectivity index (χ4v) is 2.06. The van der Waals surface area contributed by atoms with Gasteiger partial charge >= 0.3 is 6.03 Å². The van der Waals surface area contributed by atoms with Crippen molar-refractivity contribution in [2.24, 2.45) is 5.84 Å². The highest BCUT2D eigenvalue weighted by molar-refractivity contribution is 7.05. The fraction of sp³-hybridized carbons (Fsp3) is 0.500. The van der Waals surface area contributed by atoms with Gasteiger partial charge in [-0.2, -0.15) is 0 Å². The molecule has 14 heavy (non-hydrogen) atoms. The van der Waals surface area contributed by atoms with Gasteiger partial charge < -0.3 is 4.90 Å². The molecule has 5 nitrogen and oxygen atoms in total. The van der Waals surface area contributed by atoms with E-state index in [4.69, 9.17) is 5.84 Å². The molecular weight excluding hydrogens is 200 g/mol. The highest BCUT2D eigenvalue weighted by atomic mass is 32.1. The van der Waals surface area contributed by atoms with Crippen molar-refractivity contribution >= 4 is 17.6 Å². The number of nitrogens with zero attached hydrogens (tertiary/aromatic N) is 3. The molecule has 0 bridgehead atoms. The number of nitrogens with two attached hydrogens (primary N) is 1. The van der Waals surface area contributed by atoms with Crippen LogP contribution in [0.2, 0.25) is 0 Å². The van der Waals surface area contributed by atoms with Gasteiger partial charge in [-0.3, -0.25) is 5.01 Å². The Hall–Kier alpha value is -1.14. The first-order chi connectivity index (χ1) is 6.77. The molecule has 2 N–H and O–H groups in total. The van der Waals surface area contributed by atoms with Gasteiger partial charge in [0.1, 0.15) is 0 Å². The molecule has 1 aliphatic rings. The Bertz CT molecular complexity index is 313. The van der Waals surface area contributed by atoms with Crippen molar-refractivity contribution < 1.29 is 4.79 Å². The monoisotopic (exact) mass is 212 g/mol. The zero-order valence-corrected chi connectivity index (χ0v) is 8.54. The summed E-state index contributed by atoms with van der Waals surface area (Å²) < 4.78 is 3.99. The smallest absolute Gasteiger partial charge is 0.318 e. The maximum atomic E-state index is 11.6. The van der Waals surface area contributed by atoms with Crippen molar-refractivity contribution in [2.75, 3.05) is 13.1 Å². The molecule has 1 fully saturated rings. The second kappa shape index (κ2) is 3.93. The van der Waals surface area contributed by atoms with Gasteiger partial charge in [-0.05, 0) is 24.0 Å². The minimum absolute atomic E-state index is 0.0929. The number of aromatic nitrogens is 1. The Morgan fingerprint density at radius 3 is 3.14 bits per heavy atom. The van der Waals surface area contributed by atoms with Gasteiger partial charge in [-0.15, -0.1) is 0 Å². The fourth-order valence-electron chi connectivity index (χ4n) is 1.46. The van der Waals surface area contributed by atoms with Crippen LogP contribution in [0, 0.1) is 0 Å². The van der Waals surface area contributed by atoms with E-state index in [1.807, 2.05) is 6.07 Å². The van der Waals surface area contributed by atoms with Crippen molar-refractivity contribution in [1.82, 2.24) is 14.3 Å². The van der Waals surface area contributed by atoms with Gasteiger partial charge in [-0.25, -0.2) is 15.0 Å². The molecule has 0 aliphatic carbocycles. The zero-order valence-electron chi connectivity index (χ0n) is 7.72. The molecule has 2 rings (SSSR count). The average molecular weight is 212 g/mol. The maximum absolute atomic E-state index is 11.6. The Morgan fingerprint density at radius 1 is 1.57 bits per heavy atom. The molecule has 1 aromatic heterocycles. The predicted molar refractivity (Wildman–Crippen MR) is 53.4 cm³/mol. The van der Waals surface area contributed by atoms with Gasteiger partial charge in [-0.1, -0.05) is 0 Å². The van der Waals surface area contributed by atoms with E-state index in [0.717, 1.165) is 17.8 Å². The normalized spacial score (nSPS) is 17.6. The molecule has 1 aliphatic heterocycles. The van der Waals surface area contributed by atoms with Crippen molar-refractivity contribution in [3.8, 4) is 0 Å². The minimum Gasteiger partial charge on any atom is -0.318 e. The molecule has 0 radical (unpaired) electrons. The van der Waals surface area contributed by atoms with E-state index in [-0.39, 0.29) is 6.03 Å². The van der Waals surface area contributed by atoms with Crippen LogP contribution in [0.25, 0.3) is 0 Å². The molecule has 1 aromatic rings. The Kier molecular flexibility index (Phi) is 2.64. The van der Waals surface area contributed by atoms with E-state index < -0.39 is 0 Å². The van der Waals surface area contributed by atoms with E-state index in [2.05, 4.69) is 4.37 Å². The van der Waals surface area contributed by atoms with Gasteiger partial charge in [0.15, 0.2) is 0 Å². The maximum Gasteiger partial charge on any atom is 0.334 e. The van der Waals surface area contributed by atoms with Crippen LogP contribution in [-0.2, 0) is 6.54 Å². The lowest BCUT2D eigenvalue weighted by atomic mass is 10.3. The largest absolute Gasteiger partial charge is 0.334 e. The summed E-state index contributed by atoms with van der Waals surface area (Å²) in [7, 11) is 0. The summed E-state index contributed by atoms with van der Waals surface area (Å²) in [6.45, 7) is 2.06. The highest BCUT2D eigenvalue weighted by Gasteiger charge is 2.23. The number of amides is 2. The first-order valence-electron chi connectivity index (χ1n) is 4.48. The van der Waals surface area contributed by atoms with Gasteiger partial charge in [0.25, 0.3) is 0 Å². The molecule has 0 atom stereocenters. The molecule has 2 heterocycles. The number of rotatable bonds is 2. The Balaban J connectivity index is 2.00. The number of hydrogen-bond donors (Lipinski definition) is 1. The minimum atomic E-state index is -0.0929. The van der Waals surface area contributed by atoms with Crippen LogP contribution >= 0.6 is 11.5 Å². The molecule has 0 saturated carbocycles. The standard InChI is InChI=1S/C8H12N4OS/c9-12-5-1-4-11(8(12)13)6-7-2-3-10-14-7/h2-3H,1,4-6,9H2. The number of carbonyl (C=O) groups is 1. The van der Waals surface area contributed by atoms with Crippen LogP contribution in [0.5, 0.6) is 0 Å². The molecule has 6 heteroatoms. The molecule has 2 amide bonds. The van der Waals surface area contributed by atoms with E-state index in [9.17, 15) is 4.79 Å². The summed E-state index contributed by atoms with van der Waals surface area (Å²) in [5.74, 6) is 5.53. The van der Waals surface area contributed by atoms with Crippen LogP contribution in [0.15, 0.2) is 12.3 Å². The number of carbonyl (C=O) groups excluding carboxylic acids is 1. The third kappa shape index (κ3) is 1.85. The van der Waals surface area contributed by atoms with E-state index >= 15 is 0 Å². The second-order valence-corrected chi connectivity index (χ2v) is 4.15. The van der Waals surface area contributed by atoms with E-state index in [0.29, 0.717) is 13.1 Å². The van der Waals surface area contributed by atoms with Crippen molar-refractivity contribution in [1.29, 1.82) is 0 Å². The molecular formula is C8H12N4OS. The molecule has 0 spiro atoms. The summed E-state index contributed by atoms with van der Waals surface area (Å²) in [5.41, 5.74) is 0. The third-order valence-electron chi connectivity index (χ3n) is 2.18.